The fourth-order valence-electron chi connectivity index (χ4n) is 1.87. The Morgan fingerprint density at radius 3 is 3.00 bits per heavy atom. The summed E-state index contributed by atoms with van der Waals surface area (Å²) in [6.45, 7) is 0.120. The lowest BCUT2D eigenvalue weighted by molar-refractivity contribution is 0.0923. The molecule has 1 aliphatic carbocycles. The number of hydrogen-bond donors (Lipinski definition) is 2. The van der Waals surface area contributed by atoms with Crippen molar-refractivity contribution < 1.29 is 9.90 Å². The number of hydrogen-bond acceptors (Lipinski definition) is 3. The van der Waals surface area contributed by atoms with Crippen LogP contribution in [0.4, 0.5) is 0 Å². The van der Waals surface area contributed by atoms with Gasteiger partial charge in [-0.05, 0) is 53.8 Å². The van der Waals surface area contributed by atoms with Gasteiger partial charge in [0.05, 0.1) is 5.56 Å². The topological polar surface area (TPSA) is 62.2 Å². The highest BCUT2D eigenvalue weighted by Crippen LogP contribution is 2.34. The van der Waals surface area contributed by atoms with E-state index < -0.39 is 0 Å². The van der Waals surface area contributed by atoms with Crippen molar-refractivity contribution in [1.82, 2.24) is 10.3 Å². The summed E-state index contributed by atoms with van der Waals surface area (Å²) in [6, 6.07) is 1.83. The van der Waals surface area contributed by atoms with Crippen LogP contribution in [-0.4, -0.2) is 28.6 Å². The van der Waals surface area contributed by atoms with Gasteiger partial charge in [-0.25, -0.2) is 0 Å². The first-order valence-corrected chi connectivity index (χ1v) is 6.81. The van der Waals surface area contributed by atoms with Crippen LogP contribution in [0.2, 0.25) is 0 Å². The Bertz CT molecular complexity index is 407. The van der Waals surface area contributed by atoms with Crippen LogP contribution in [0.25, 0.3) is 0 Å². The third-order valence-corrected chi connectivity index (χ3v) is 3.82. The van der Waals surface area contributed by atoms with Crippen molar-refractivity contribution in [3.8, 4) is 0 Å². The summed E-state index contributed by atoms with van der Waals surface area (Å²) >= 11 is 2.10. The minimum absolute atomic E-state index is 0.0675. The van der Waals surface area contributed by atoms with Crippen LogP contribution in [0.1, 0.15) is 29.6 Å². The Kier molecular flexibility index (Phi) is 4.33. The maximum Gasteiger partial charge on any atom is 0.252 e. The SMILES string of the molecule is O=C(NC(CCO)C1CC1)c1ccncc1I. The van der Waals surface area contributed by atoms with Crippen LogP contribution in [0.3, 0.4) is 0 Å². The highest BCUT2D eigenvalue weighted by Gasteiger charge is 2.32. The lowest BCUT2D eigenvalue weighted by atomic mass is 10.1. The Morgan fingerprint density at radius 2 is 2.41 bits per heavy atom. The lowest BCUT2D eigenvalue weighted by Gasteiger charge is -2.17. The molecule has 0 saturated heterocycles. The van der Waals surface area contributed by atoms with Gasteiger partial charge in [-0.15, -0.1) is 0 Å². The zero-order valence-corrected chi connectivity index (χ0v) is 11.6. The maximum absolute atomic E-state index is 12.1. The van der Waals surface area contributed by atoms with Crippen molar-refractivity contribution in [3.63, 3.8) is 0 Å². The number of carbonyl (C=O) groups is 1. The molecular weight excluding hydrogens is 331 g/mol. The summed E-state index contributed by atoms with van der Waals surface area (Å²) in [5.74, 6) is 0.479. The average Bonchev–Trinajstić information content (AvgIpc) is 3.12. The van der Waals surface area contributed by atoms with Gasteiger partial charge in [0.25, 0.3) is 5.91 Å². The van der Waals surface area contributed by atoms with E-state index in [0.717, 1.165) is 16.4 Å². The molecule has 17 heavy (non-hydrogen) atoms. The number of halogens is 1. The average molecular weight is 346 g/mol. The van der Waals surface area contributed by atoms with Crippen molar-refractivity contribution in [2.75, 3.05) is 6.61 Å². The molecule has 92 valence electrons. The molecule has 4 nitrogen and oxygen atoms in total. The van der Waals surface area contributed by atoms with E-state index in [9.17, 15) is 4.79 Å². The normalized spacial score (nSPS) is 16.6. The molecule has 1 aliphatic rings. The molecule has 1 aromatic rings. The maximum atomic E-state index is 12.1. The van der Waals surface area contributed by atoms with Crippen LogP contribution >= 0.6 is 22.6 Å². The predicted molar refractivity (Wildman–Crippen MR) is 72.6 cm³/mol. The van der Waals surface area contributed by atoms with Crippen LogP contribution in [0.15, 0.2) is 18.5 Å². The molecule has 1 heterocycles. The second-order valence-corrected chi connectivity index (χ2v) is 5.45. The Balaban J connectivity index is 2.02. The predicted octanol–water partition coefficient (Wildman–Crippen LogP) is 1.58. The zero-order valence-electron chi connectivity index (χ0n) is 9.40. The van der Waals surface area contributed by atoms with E-state index in [1.807, 2.05) is 0 Å². The van der Waals surface area contributed by atoms with E-state index in [2.05, 4.69) is 32.9 Å². The Hall–Kier alpha value is -0.690. The standard InChI is InChI=1S/C12H15IN2O2/c13-10-7-14-5-3-9(10)12(17)15-11(4-6-16)8-1-2-8/h3,5,7-8,11,16H,1-2,4,6H2,(H,15,17). The van der Waals surface area contributed by atoms with Crippen LogP contribution < -0.4 is 5.32 Å². The lowest BCUT2D eigenvalue weighted by Crippen LogP contribution is -2.37. The van der Waals surface area contributed by atoms with E-state index >= 15 is 0 Å². The molecule has 0 aromatic carbocycles. The summed E-state index contributed by atoms with van der Waals surface area (Å²) in [4.78, 5) is 16.0. The molecule has 2 rings (SSSR count). The second-order valence-electron chi connectivity index (χ2n) is 4.29. The number of pyridine rings is 1. The van der Waals surface area contributed by atoms with Crippen molar-refractivity contribution in [3.05, 3.63) is 27.6 Å². The molecule has 1 saturated carbocycles. The number of aromatic nitrogens is 1. The zero-order chi connectivity index (χ0) is 12.3. The third-order valence-electron chi connectivity index (χ3n) is 2.96. The van der Waals surface area contributed by atoms with Gasteiger partial charge >= 0.3 is 0 Å². The van der Waals surface area contributed by atoms with Crippen molar-refractivity contribution in [2.45, 2.75) is 25.3 Å². The summed E-state index contributed by atoms with van der Waals surface area (Å²) in [5.41, 5.74) is 0.657. The number of amides is 1. The minimum atomic E-state index is -0.0675. The first-order valence-electron chi connectivity index (χ1n) is 5.73. The number of aliphatic hydroxyl groups is 1. The molecule has 1 fully saturated rings. The largest absolute Gasteiger partial charge is 0.396 e. The molecule has 2 N–H and O–H groups in total. The van der Waals surface area contributed by atoms with E-state index in [-0.39, 0.29) is 18.6 Å². The van der Waals surface area contributed by atoms with Crippen molar-refractivity contribution >= 4 is 28.5 Å². The molecule has 1 aromatic heterocycles. The van der Waals surface area contributed by atoms with E-state index in [1.54, 1.807) is 18.5 Å². The highest BCUT2D eigenvalue weighted by atomic mass is 127. The highest BCUT2D eigenvalue weighted by molar-refractivity contribution is 14.1. The van der Waals surface area contributed by atoms with E-state index in [4.69, 9.17) is 5.11 Å². The summed E-state index contributed by atoms with van der Waals surface area (Å²) < 4.78 is 0.848. The minimum Gasteiger partial charge on any atom is -0.396 e. The molecular formula is C12H15IN2O2. The molecule has 0 aliphatic heterocycles. The Morgan fingerprint density at radius 1 is 1.65 bits per heavy atom. The second kappa shape index (κ2) is 5.77. The van der Waals surface area contributed by atoms with E-state index in [0.29, 0.717) is 17.9 Å². The molecule has 5 heteroatoms. The number of nitrogens with one attached hydrogen (secondary N) is 1. The molecule has 0 spiro atoms. The monoisotopic (exact) mass is 346 g/mol. The smallest absolute Gasteiger partial charge is 0.252 e. The summed E-state index contributed by atoms with van der Waals surface area (Å²) in [5, 5.41) is 12.0. The molecule has 0 radical (unpaired) electrons. The van der Waals surface area contributed by atoms with Gasteiger partial charge in [-0.3, -0.25) is 9.78 Å². The number of carbonyl (C=O) groups excluding carboxylic acids is 1. The first kappa shape index (κ1) is 12.8. The molecule has 0 bridgehead atoms. The van der Waals surface area contributed by atoms with E-state index in [1.165, 1.54) is 0 Å². The van der Waals surface area contributed by atoms with Gasteiger partial charge < -0.3 is 10.4 Å². The third kappa shape index (κ3) is 3.38. The van der Waals surface area contributed by atoms with Gasteiger partial charge in [0.15, 0.2) is 0 Å². The van der Waals surface area contributed by atoms with Gasteiger partial charge in [0.2, 0.25) is 0 Å². The summed E-state index contributed by atoms with van der Waals surface area (Å²) in [7, 11) is 0. The van der Waals surface area contributed by atoms with Crippen molar-refractivity contribution in [1.29, 1.82) is 0 Å². The summed E-state index contributed by atoms with van der Waals surface area (Å²) in [6.07, 6.45) is 6.23. The van der Waals surface area contributed by atoms with Crippen LogP contribution in [-0.2, 0) is 0 Å². The number of rotatable bonds is 5. The fraction of sp³-hybridized carbons (Fsp3) is 0.500. The molecule has 1 atom stereocenters. The Labute approximate surface area is 114 Å². The first-order chi connectivity index (χ1) is 8.22. The van der Waals surface area contributed by atoms with Gasteiger partial charge in [0, 0.05) is 28.6 Å². The number of nitrogens with zero attached hydrogens (tertiary/aromatic N) is 1. The number of aliphatic hydroxyl groups excluding tert-OH is 1. The van der Waals surface area contributed by atoms with Gasteiger partial charge in [0.1, 0.15) is 0 Å². The molecule has 1 amide bonds. The van der Waals surface area contributed by atoms with Gasteiger partial charge in [-0.2, -0.15) is 0 Å². The molecule has 1 unspecified atom stereocenters. The van der Waals surface area contributed by atoms with Crippen LogP contribution in [0.5, 0.6) is 0 Å². The van der Waals surface area contributed by atoms with Crippen molar-refractivity contribution in [2.24, 2.45) is 5.92 Å². The van der Waals surface area contributed by atoms with Gasteiger partial charge in [-0.1, -0.05) is 0 Å². The fourth-order valence-corrected chi connectivity index (χ4v) is 2.45. The quantitative estimate of drug-likeness (QED) is 0.796. The van der Waals surface area contributed by atoms with Crippen LogP contribution in [0, 0.1) is 9.49 Å².